The van der Waals surface area contributed by atoms with Gasteiger partial charge in [0.2, 0.25) is 0 Å². The third kappa shape index (κ3) is 3.25. The molecule has 0 bridgehead atoms. The SMILES string of the molecule is CCOC(=O)[C@H]1[C@H](c2ccc(Cl)cc2)NC(=O)N(C)[C@]1(O)C(F)(F)F. The highest BCUT2D eigenvalue weighted by Gasteiger charge is 2.69. The summed E-state index contributed by atoms with van der Waals surface area (Å²) in [6.45, 7) is 1.24. The maximum Gasteiger partial charge on any atom is 0.437 e. The zero-order valence-electron chi connectivity index (χ0n) is 13.3. The molecule has 1 aromatic carbocycles. The predicted molar refractivity (Wildman–Crippen MR) is 81.6 cm³/mol. The van der Waals surface area contributed by atoms with Gasteiger partial charge in [-0.15, -0.1) is 0 Å². The number of carbonyl (C=O) groups is 2. The van der Waals surface area contributed by atoms with Crippen LogP contribution < -0.4 is 5.32 Å². The zero-order chi connectivity index (χ0) is 19.0. The second-order valence-electron chi connectivity index (χ2n) is 5.49. The predicted octanol–water partition coefficient (Wildman–Crippen LogP) is 2.47. The van der Waals surface area contributed by atoms with Gasteiger partial charge in [-0.2, -0.15) is 13.2 Å². The van der Waals surface area contributed by atoms with Crippen molar-refractivity contribution in [3.8, 4) is 0 Å². The number of ether oxygens (including phenoxy) is 1. The number of nitrogens with one attached hydrogen (secondary N) is 1. The minimum absolute atomic E-state index is 0.0566. The molecule has 3 atom stereocenters. The number of urea groups is 1. The number of rotatable bonds is 3. The maximum atomic E-state index is 13.7. The molecule has 0 unspecified atom stereocenters. The normalized spacial score (nSPS) is 27.0. The molecule has 25 heavy (non-hydrogen) atoms. The summed E-state index contributed by atoms with van der Waals surface area (Å²) in [6, 6.07) is 2.89. The number of hydrogen-bond donors (Lipinski definition) is 2. The molecule has 0 aromatic heterocycles. The van der Waals surface area contributed by atoms with Crippen LogP contribution in [0.1, 0.15) is 18.5 Å². The van der Waals surface area contributed by atoms with Gasteiger partial charge in [0.15, 0.2) is 0 Å². The number of benzene rings is 1. The van der Waals surface area contributed by atoms with Crippen LogP contribution in [-0.4, -0.2) is 47.6 Å². The van der Waals surface area contributed by atoms with Crippen molar-refractivity contribution < 1.29 is 32.6 Å². The Labute approximate surface area is 146 Å². The van der Waals surface area contributed by atoms with Crippen LogP contribution in [0.15, 0.2) is 24.3 Å². The minimum Gasteiger partial charge on any atom is -0.466 e. The van der Waals surface area contributed by atoms with Crippen molar-refractivity contribution in [3.63, 3.8) is 0 Å². The third-order valence-corrected chi connectivity index (χ3v) is 4.30. The first-order valence-corrected chi connectivity index (χ1v) is 7.67. The quantitative estimate of drug-likeness (QED) is 0.790. The van der Waals surface area contributed by atoms with E-state index in [0.717, 1.165) is 7.05 Å². The van der Waals surface area contributed by atoms with Gasteiger partial charge in [0, 0.05) is 12.1 Å². The number of alkyl halides is 3. The van der Waals surface area contributed by atoms with Crippen LogP contribution in [0.4, 0.5) is 18.0 Å². The first kappa shape index (κ1) is 19.3. The molecule has 0 spiro atoms. The molecule has 1 aliphatic rings. The highest BCUT2D eigenvalue weighted by atomic mass is 35.5. The lowest BCUT2D eigenvalue weighted by Crippen LogP contribution is -2.73. The van der Waals surface area contributed by atoms with Crippen LogP contribution in [0, 0.1) is 5.92 Å². The Morgan fingerprint density at radius 3 is 2.44 bits per heavy atom. The van der Waals surface area contributed by atoms with E-state index >= 15 is 0 Å². The molecule has 138 valence electrons. The summed E-state index contributed by atoms with van der Waals surface area (Å²) >= 11 is 5.76. The van der Waals surface area contributed by atoms with Crippen molar-refractivity contribution in [2.75, 3.05) is 13.7 Å². The average molecular weight is 381 g/mol. The summed E-state index contributed by atoms with van der Waals surface area (Å²) in [5, 5.41) is 13.0. The number of amides is 2. The molecule has 2 rings (SSSR count). The van der Waals surface area contributed by atoms with Crippen molar-refractivity contribution in [2.45, 2.75) is 24.9 Å². The standard InChI is InChI=1S/C15H16ClF3N2O4/c1-3-25-12(22)10-11(8-4-6-9(16)7-5-8)20-13(23)21(2)14(10,24)15(17,18)19/h4-7,10-11,24H,3H2,1-2H3,(H,20,23)/t10-,11+,14-/m1/s1. The minimum atomic E-state index is -5.29. The molecule has 10 heteroatoms. The van der Waals surface area contributed by atoms with Gasteiger partial charge in [-0.05, 0) is 24.6 Å². The van der Waals surface area contributed by atoms with Gasteiger partial charge in [-0.3, -0.25) is 9.69 Å². The van der Waals surface area contributed by atoms with E-state index in [1.807, 2.05) is 0 Å². The summed E-state index contributed by atoms with van der Waals surface area (Å²) in [4.78, 5) is 24.3. The molecule has 1 aromatic rings. The van der Waals surface area contributed by atoms with E-state index < -0.39 is 35.9 Å². The fourth-order valence-corrected chi connectivity index (χ4v) is 2.88. The van der Waals surface area contributed by atoms with Gasteiger partial charge >= 0.3 is 18.2 Å². The van der Waals surface area contributed by atoms with Crippen LogP contribution in [0.5, 0.6) is 0 Å². The number of aliphatic hydroxyl groups is 1. The summed E-state index contributed by atoms with van der Waals surface area (Å²) < 4.78 is 45.7. The topological polar surface area (TPSA) is 78.9 Å². The number of esters is 1. The molecular formula is C15H16ClF3N2O4. The van der Waals surface area contributed by atoms with Crippen molar-refractivity contribution in [3.05, 3.63) is 34.9 Å². The molecule has 1 saturated heterocycles. The Kier molecular flexibility index (Phi) is 5.19. The Balaban J connectivity index is 2.62. The van der Waals surface area contributed by atoms with Gasteiger partial charge < -0.3 is 15.2 Å². The van der Waals surface area contributed by atoms with E-state index in [2.05, 4.69) is 5.32 Å². The third-order valence-electron chi connectivity index (χ3n) is 4.05. The molecule has 2 N–H and O–H groups in total. The molecule has 0 radical (unpaired) electrons. The lowest BCUT2D eigenvalue weighted by molar-refractivity contribution is -0.328. The highest BCUT2D eigenvalue weighted by Crippen LogP contribution is 2.46. The van der Waals surface area contributed by atoms with Crippen molar-refractivity contribution in [1.29, 1.82) is 0 Å². The Morgan fingerprint density at radius 1 is 1.40 bits per heavy atom. The van der Waals surface area contributed by atoms with Gasteiger partial charge in [-0.25, -0.2) is 4.79 Å². The molecule has 2 amide bonds. The van der Waals surface area contributed by atoms with Crippen molar-refractivity contribution >= 4 is 23.6 Å². The number of nitrogens with zero attached hydrogens (tertiary/aromatic N) is 1. The van der Waals surface area contributed by atoms with E-state index in [1.165, 1.54) is 31.2 Å². The van der Waals surface area contributed by atoms with Gasteiger partial charge in [-0.1, -0.05) is 23.7 Å². The Hall–Kier alpha value is -2.00. The van der Waals surface area contributed by atoms with Crippen LogP contribution in [0.3, 0.4) is 0 Å². The molecule has 1 aliphatic heterocycles. The summed E-state index contributed by atoms with van der Waals surface area (Å²) in [7, 11) is 0.757. The number of carbonyl (C=O) groups excluding carboxylic acids is 2. The smallest absolute Gasteiger partial charge is 0.437 e. The second kappa shape index (κ2) is 6.72. The largest absolute Gasteiger partial charge is 0.466 e. The molecule has 1 fully saturated rings. The Bertz CT molecular complexity index is 668. The average Bonchev–Trinajstić information content (AvgIpc) is 2.52. The van der Waals surface area contributed by atoms with Crippen molar-refractivity contribution in [2.24, 2.45) is 5.92 Å². The fourth-order valence-electron chi connectivity index (χ4n) is 2.75. The first-order chi connectivity index (χ1) is 11.5. The van der Waals surface area contributed by atoms with Gasteiger partial charge in [0.05, 0.1) is 12.6 Å². The maximum absolute atomic E-state index is 13.7. The van der Waals surface area contributed by atoms with E-state index in [0.29, 0.717) is 5.02 Å². The highest BCUT2D eigenvalue weighted by molar-refractivity contribution is 6.30. The van der Waals surface area contributed by atoms with E-state index in [9.17, 15) is 27.9 Å². The lowest BCUT2D eigenvalue weighted by Gasteiger charge is -2.49. The van der Waals surface area contributed by atoms with Crippen LogP contribution in [-0.2, 0) is 9.53 Å². The zero-order valence-corrected chi connectivity index (χ0v) is 14.1. The fraction of sp³-hybridized carbons (Fsp3) is 0.467. The molecule has 6 nitrogen and oxygen atoms in total. The van der Waals surface area contributed by atoms with E-state index in [4.69, 9.17) is 16.3 Å². The lowest BCUT2D eigenvalue weighted by atomic mass is 9.81. The molecule has 1 heterocycles. The summed E-state index contributed by atoms with van der Waals surface area (Å²) in [5.74, 6) is -3.41. The summed E-state index contributed by atoms with van der Waals surface area (Å²) in [5.41, 5.74) is -3.56. The van der Waals surface area contributed by atoms with E-state index in [1.54, 1.807) is 0 Å². The molecule has 0 saturated carbocycles. The van der Waals surface area contributed by atoms with Crippen molar-refractivity contribution in [1.82, 2.24) is 10.2 Å². The molecule has 0 aliphatic carbocycles. The monoisotopic (exact) mass is 380 g/mol. The Morgan fingerprint density at radius 2 is 1.96 bits per heavy atom. The van der Waals surface area contributed by atoms with Crippen LogP contribution in [0.2, 0.25) is 5.02 Å². The molecular weight excluding hydrogens is 365 g/mol. The van der Waals surface area contributed by atoms with Gasteiger partial charge in [0.1, 0.15) is 5.92 Å². The van der Waals surface area contributed by atoms with Gasteiger partial charge in [0.25, 0.3) is 5.72 Å². The number of hydrogen-bond acceptors (Lipinski definition) is 4. The van der Waals surface area contributed by atoms with Crippen LogP contribution >= 0.6 is 11.6 Å². The van der Waals surface area contributed by atoms with Crippen LogP contribution in [0.25, 0.3) is 0 Å². The number of halogens is 4. The summed E-state index contributed by atoms with van der Waals surface area (Å²) in [6.07, 6.45) is -5.29. The first-order valence-electron chi connectivity index (χ1n) is 7.29. The van der Waals surface area contributed by atoms with E-state index in [-0.39, 0.29) is 17.1 Å². The second-order valence-corrected chi connectivity index (χ2v) is 5.93.